The van der Waals surface area contributed by atoms with Gasteiger partial charge in [0.25, 0.3) is 0 Å². The van der Waals surface area contributed by atoms with Crippen molar-refractivity contribution in [3.8, 4) is 11.5 Å². The minimum atomic E-state index is -0.679. The number of rotatable bonds is 4. The van der Waals surface area contributed by atoms with E-state index in [-0.39, 0.29) is 5.75 Å². The molecule has 0 aliphatic carbocycles. The molecular weight excluding hydrogens is 300 g/mol. The topological polar surface area (TPSA) is 103 Å². The van der Waals surface area contributed by atoms with Crippen molar-refractivity contribution < 1.29 is 14.8 Å². The number of phenols is 1. The molecule has 0 spiro atoms. The van der Waals surface area contributed by atoms with E-state index in [0.717, 1.165) is 11.0 Å². The maximum absolute atomic E-state index is 11.0. The van der Waals surface area contributed by atoms with Crippen LogP contribution in [0.3, 0.4) is 0 Å². The van der Waals surface area contributed by atoms with Crippen LogP contribution in [0.5, 0.6) is 11.5 Å². The molecule has 3 rings (SSSR count). The summed E-state index contributed by atoms with van der Waals surface area (Å²) in [5.41, 5.74) is 1.58. The molecule has 0 fully saturated rings. The summed E-state index contributed by atoms with van der Waals surface area (Å²) < 4.78 is 6.50. The number of nitro groups is 1. The number of aromatic hydroxyl groups is 1. The van der Waals surface area contributed by atoms with E-state index >= 15 is 0 Å². The van der Waals surface area contributed by atoms with E-state index in [1.54, 1.807) is 11.0 Å². The van der Waals surface area contributed by atoms with Gasteiger partial charge in [0.05, 0.1) is 29.3 Å². The monoisotopic (exact) mass is 312 g/mol. The van der Waals surface area contributed by atoms with E-state index in [4.69, 9.17) is 4.74 Å². The first-order chi connectivity index (χ1) is 11.1. The molecule has 0 bridgehead atoms. The van der Waals surface area contributed by atoms with Crippen molar-refractivity contribution >= 4 is 22.9 Å². The van der Waals surface area contributed by atoms with E-state index in [1.807, 2.05) is 24.3 Å². The van der Waals surface area contributed by atoms with E-state index < -0.39 is 16.4 Å². The van der Waals surface area contributed by atoms with Crippen molar-refractivity contribution in [2.45, 2.75) is 0 Å². The highest BCUT2D eigenvalue weighted by Crippen LogP contribution is 2.36. The molecular formula is C15H12N4O4. The second-order valence-corrected chi connectivity index (χ2v) is 4.67. The Morgan fingerprint density at radius 1 is 1.39 bits per heavy atom. The van der Waals surface area contributed by atoms with E-state index in [0.29, 0.717) is 5.56 Å². The molecule has 0 unspecified atom stereocenters. The zero-order valence-corrected chi connectivity index (χ0v) is 12.1. The number of aromatic nitrogens is 2. The Bertz CT molecular complexity index is 917. The molecule has 116 valence electrons. The van der Waals surface area contributed by atoms with Crippen molar-refractivity contribution in [3.63, 3.8) is 0 Å². The van der Waals surface area contributed by atoms with Gasteiger partial charge in [-0.1, -0.05) is 12.1 Å². The predicted octanol–water partition coefficient (Wildman–Crippen LogP) is 2.54. The van der Waals surface area contributed by atoms with Crippen LogP contribution < -0.4 is 4.74 Å². The summed E-state index contributed by atoms with van der Waals surface area (Å²) >= 11 is 0. The highest BCUT2D eigenvalue weighted by Gasteiger charge is 2.19. The molecule has 0 amide bonds. The summed E-state index contributed by atoms with van der Waals surface area (Å²) in [7, 11) is 1.32. The molecule has 1 N–H and O–H groups in total. The van der Waals surface area contributed by atoms with Crippen molar-refractivity contribution in [2.75, 3.05) is 7.11 Å². The Morgan fingerprint density at radius 3 is 2.91 bits per heavy atom. The third-order valence-electron chi connectivity index (χ3n) is 3.26. The van der Waals surface area contributed by atoms with Crippen LogP contribution in [-0.2, 0) is 0 Å². The first kappa shape index (κ1) is 14.5. The van der Waals surface area contributed by atoms with Gasteiger partial charge in [-0.05, 0) is 18.2 Å². The Kier molecular flexibility index (Phi) is 3.63. The van der Waals surface area contributed by atoms with Crippen molar-refractivity contribution in [1.29, 1.82) is 0 Å². The highest BCUT2D eigenvalue weighted by atomic mass is 16.6. The fourth-order valence-corrected chi connectivity index (χ4v) is 2.15. The molecule has 0 saturated heterocycles. The van der Waals surface area contributed by atoms with Gasteiger partial charge < -0.3 is 9.84 Å². The molecule has 0 aliphatic heterocycles. The van der Waals surface area contributed by atoms with Crippen LogP contribution >= 0.6 is 0 Å². The Hall–Kier alpha value is -3.42. The molecule has 8 heteroatoms. The van der Waals surface area contributed by atoms with Gasteiger partial charge in [-0.25, -0.2) is 9.66 Å². The standard InChI is InChI=1S/C15H12N4O4/c1-23-14-7-10(6-13(15(14)20)19(21)22)8-17-18-9-16-11-4-2-3-5-12(11)18/h2-9,20H,1H3/b17-8+. The maximum Gasteiger partial charge on any atom is 0.315 e. The van der Waals surface area contributed by atoms with E-state index in [9.17, 15) is 15.2 Å². The third kappa shape index (κ3) is 2.69. The van der Waals surface area contributed by atoms with Crippen LogP contribution in [0.1, 0.15) is 5.56 Å². The molecule has 1 aromatic heterocycles. The van der Waals surface area contributed by atoms with Gasteiger partial charge >= 0.3 is 5.69 Å². The van der Waals surface area contributed by atoms with Crippen molar-refractivity contribution in [3.05, 3.63) is 58.4 Å². The van der Waals surface area contributed by atoms with E-state index in [1.165, 1.54) is 25.5 Å². The molecule has 0 radical (unpaired) electrons. The Balaban J connectivity index is 2.02. The first-order valence-electron chi connectivity index (χ1n) is 6.62. The van der Waals surface area contributed by atoms with Crippen molar-refractivity contribution in [1.82, 2.24) is 9.66 Å². The number of phenolic OH excluding ortho intramolecular Hbond substituents is 1. The number of methoxy groups -OCH3 is 1. The largest absolute Gasteiger partial charge is 0.500 e. The van der Waals surface area contributed by atoms with E-state index in [2.05, 4.69) is 10.1 Å². The molecule has 0 atom stereocenters. The normalized spacial score (nSPS) is 11.2. The number of nitrogens with zero attached hydrogens (tertiary/aromatic N) is 4. The van der Waals surface area contributed by atoms with Crippen LogP contribution in [0.2, 0.25) is 0 Å². The minimum Gasteiger partial charge on any atom is -0.500 e. The fraction of sp³-hybridized carbons (Fsp3) is 0.0667. The lowest BCUT2D eigenvalue weighted by Crippen LogP contribution is -1.95. The number of hydrogen-bond donors (Lipinski definition) is 1. The van der Waals surface area contributed by atoms with Crippen LogP contribution in [0.15, 0.2) is 47.8 Å². The second-order valence-electron chi connectivity index (χ2n) is 4.67. The third-order valence-corrected chi connectivity index (χ3v) is 3.26. The van der Waals surface area contributed by atoms with Gasteiger partial charge in [-0.2, -0.15) is 5.10 Å². The van der Waals surface area contributed by atoms with Crippen LogP contribution in [0, 0.1) is 10.1 Å². The zero-order chi connectivity index (χ0) is 16.4. The van der Waals surface area contributed by atoms with Gasteiger partial charge in [0, 0.05) is 11.6 Å². The number of imidazole rings is 1. The van der Waals surface area contributed by atoms with Crippen LogP contribution in [0.25, 0.3) is 11.0 Å². The average molecular weight is 312 g/mol. The summed E-state index contributed by atoms with van der Waals surface area (Å²) in [6.07, 6.45) is 2.98. The number of ether oxygens (including phenoxy) is 1. The van der Waals surface area contributed by atoms with Crippen LogP contribution in [0.4, 0.5) is 5.69 Å². The number of hydrogen-bond acceptors (Lipinski definition) is 6. The molecule has 8 nitrogen and oxygen atoms in total. The van der Waals surface area contributed by atoms with Gasteiger partial charge in [-0.3, -0.25) is 10.1 Å². The van der Waals surface area contributed by atoms with Gasteiger partial charge in [0.2, 0.25) is 5.75 Å². The smallest absolute Gasteiger partial charge is 0.315 e. The maximum atomic E-state index is 11.0. The lowest BCUT2D eigenvalue weighted by atomic mass is 10.2. The van der Waals surface area contributed by atoms with Gasteiger partial charge in [0.1, 0.15) is 6.33 Å². The summed E-state index contributed by atoms with van der Waals surface area (Å²) in [6, 6.07) is 10.1. The van der Waals surface area contributed by atoms with Gasteiger partial charge in [-0.15, -0.1) is 0 Å². The highest BCUT2D eigenvalue weighted by molar-refractivity contribution is 5.84. The molecule has 0 saturated carbocycles. The second kappa shape index (κ2) is 5.76. The van der Waals surface area contributed by atoms with Crippen molar-refractivity contribution in [2.24, 2.45) is 5.10 Å². The SMILES string of the molecule is COc1cc(/C=N/n2cnc3ccccc32)cc([N+](=O)[O-])c1O. The molecule has 1 heterocycles. The molecule has 2 aromatic carbocycles. The quantitative estimate of drug-likeness (QED) is 0.453. The van der Waals surface area contributed by atoms with Crippen LogP contribution in [-0.4, -0.2) is 33.0 Å². The molecule has 23 heavy (non-hydrogen) atoms. The Labute approximate surface area is 130 Å². The number of fused-ring (bicyclic) bond motifs is 1. The predicted molar refractivity (Wildman–Crippen MR) is 84.0 cm³/mol. The fourth-order valence-electron chi connectivity index (χ4n) is 2.15. The average Bonchev–Trinajstić information content (AvgIpc) is 2.97. The number of para-hydroxylation sites is 2. The summed E-state index contributed by atoms with van der Waals surface area (Å²) in [5, 5.41) is 25.0. The van der Waals surface area contributed by atoms with Gasteiger partial charge in [0.15, 0.2) is 5.75 Å². The summed E-state index contributed by atoms with van der Waals surface area (Å²) in [6.45, 7) is 0. The summed E-state index contributed by atoms with van der Waals surface area (Å²) in [4.78, 5) is 14.5. The Morgan fingerprint density at radius 2 is 2.17 bits per heavy atom. The minimum absolute atomic E-state index is 0.0103. The zero-order valence-electron chi connectivity index (χ0n) is 12.1. The molecule has 0 aliphatic rings. The molecule has 3 aromatic rings. The summed E-state index contributed by atoms with van der Waals surface area (Å²) in [5.74, 6) is -0.501. The number of benzene rings is 2. The lowest BCUT2D eigenvalue weighted by Gasteiger charge is -2.05. The number of nitro benzene ring substituents is 1. The first-order valence-corrected chi connectivity index (χ1v) is 6.62. The lowest BCUT2D eigenvalue weighted by molar-refractivity contribution is -0.386.